The summed E-state index contributed by atoms with van der Waals surface area (Å²) in [5.41, 5.74) is 10.6. The molecule has 0 bridgehead atoms. The third-order valence-electron chi connectivity index (χ3n) is 1.28. The van der Waals surface area contributed by atoms with Gasteiger partial charge in [-0.2, -0.15) is 0 Å². The number of hydrogen-bond acceptors (Lipinski definition) is 3. The van der Waals surface area contributed by atoms with E-state index >= 15 is 0 Å². The average Bonchev–Trinajstić information content (AvgIpc) is 1.99. The number of pyridine rings is 1. The summed E-state index contributed by atoms with van der Waals surface area (Å²) >= 11 is 1.83. The second-order valence-corrected chi connectivity index (χ2v) is 3.29. The summed E-state index contributed by atoms with van der Waals surface area (Å²) in [6.07, 6.45) is -2.61. The van der Waals surface area contributed by atoms with Crippen LogP contribution >= 0.6 is 22.6 Å². The van der Waals surface area contributed by atoms with Crippen LogP contribution in [0.25, 0.3) is 0 Å². The molecule has 0 fully saturated rings. The van der Waals surface area contributed by atoms with Crippen LogP contribution in [0.15, 0.2) is 6.07 Å². The lowest BCUT2D eigenvalue weighted by molar-refractivity contribution is 0.146. The fourth-order valence-corrected chi connectivity index (χ4v) is 1.27. The van der Waals surface area contributed by atoms with Gasteiger partial charge in [0.25, 0.3) is 6.43 Å². The van der Waals surface area contributed by atoms with Crippen molar-refractivity contribution in [2.75, 3.05) is 11.5 Å². The summed E-state index contributed by atoms with van der Waals surface area (Å²) in [7, 11) is 0. The maximum absolute atomic E-state index is 12.1. The van der Waals surface area contributed by atoms with Crippen LogP contribution in [0.5, 0.6) is 0 Å². The first kappa shape index (κ1) is 9.43. The van der Waals surface area contributed by atoms with Crippen molar-refractivity contribution in [2.24, 2.45) is 0 Å². The molecule has 1 aromatic heterocycles. The monoisotopic (exact) mass is 285 g/mol. The summed E-state index contributed by atoms with van der Waals surface area (Å²) < 4.78 is 24.7. The van der Waals surface area contributed by atoms with Gasteiger partial charge in [0.2, 0.25) is 0 Å². The Kier molecular flexibility index (Phi) is 2.65. The highest BCUT2D eigenvalue weighted by Gasteiger charge is 2.12. The fourth-order valence-electron chi connectivity index (χ4n) is 0.673. The predicted molar refractivity (Wildman–Crippen MR) is 50.7 cm³/mol. The summed E-state index contributed by atoms with van der Waals surface area (Å²) in [5, 5.41) is 0. The first-order valence-electron chi connectivity index (χ1n) is 3.02. The van der Waals surface area contributed by atoms with Gasteiger partial charge in [-0.05, 0) is 28.7 Å². The van der Waals surface area contributed by atoms with E-state index in [1.165, 1.54) is 6.07 Å². The standard InChI is InChI=1S/C6H6F2IN3/c7-5(8)3-1-2(9)4(10)6(11)12-3/h1,5H,10H2,(H2,11,12). The molecule has 0 atom stereocenters. The van der Waals surface area contributed by atoms with E-state index in [2.05, 4.69) is 4.98 Å². The lowest BCUT2D eigenvalue weighted by Gasteiger charge is -2.04. The van der Waals surface area contributed by atoms with Crippen LogP contribution in [-0.2, 0) is 0 Å². The first-order chi connectivity index (χ1) is 5.52. The van der Waals surface area contributed by atoms with Crippen molar-refractivity contribution < 1.29 is 8.78 Å². The Bertz CT molecular complexity index is 280. The number of nitrogens with zero attached hydrogens (tertiary/aromatic N) is 1. The van der Waals surface area contributed by atoms with Crippen molar-refractivity contribution in [3.63, 3.8) is 0 Å². The van der Waals surface area contributed by atoms with E-state index in [1.807, 2.05) is 22.6 Å². The summed E-state index contributed by atoms with van der Waals surface area (Å²) in [6, 6.07) is 1.22. The summed E-state index contributed by atoms with van der Waals surface area (Å²) in [6.45, 7) is 0. The molecule has 66 valence electrons. The molecular formula is C6H6F2IN3. The minimum absolute atomic E-state index is 0.0443. The normalized spacial score (nSPS) is 10.7. The number of nitrogen functional groups attached to an aromatic ring is 2. The van der Waals surface area contributed by atoms with Gasteiger partial charge in [0.05, 0.1) is 5.69 Å². The Balaban J connectivity index is 3.21. The molecule has 12 heavy (non-hydrogen) atoms. The number of aromatic nitrogens is 1. The molecule has 0 saturated heterocycles. The molecule has 3 nitrogen and oxygen atoms in total. The smallest absolute Gasteiger partial charge is 0.280 e. The van der Waals surface area contributed by atoms with Gasteiger partial charge in [0, 0.05) is 3.57 Å². The number of alkyl halides is 2. The van der Waals surface area contributed by atoms with Gasteiger partial charge in [0.1, 0.15) is 11.5 Å². The molecule has 0 spiro atoms. The Morgan fingerprint density at radius 2 is 2.00 bits per heavy atom. The zero-order valence-corrected chi connectivity index (χ0v) is 8.05. The molecule has 0 aliphatic carbocycles. The number of anilines is 2. The highest BCUT2D eigenvalue weighted by atomic mass is 127. The topological polar surface area (TPSA) is 64.9 Å². The van der Waals surface area contributed by atoms with E-state index < -0.39 is 6.43 Å². The van der Waals surface area contributed by atoms with E-state index in [1.54, 1.807) is 0 Å². The van der Waals surface area contributed by atoms with Crippen LogP contribution in [0.2, 0.25) is 0 Å². The molecule has 1 rings (SSSR count). The van der Waals surface area contributed by atoms with Crippen molar-refractivity contribution >= 4 is 34.1 Å². The molecule has 0 aliphatic heterocycles. The number of nitrogens with two attached hydrogens (primary N) is 2. The fraction of sp³-hybridized carbons (Fsp3) is 0.167. The van der Waals surface area contributed by atoms with Crippen LogP contribution in [-0.4, -0.2) is 4.98 Å². The number of rotatable bonds is 1. The SMILES string of the molecule is Nc1nc(C(F)F)cc(I)c1N. The van der Waals surface area contributed by atoms with Gasteiger partial charge < -0.3 is 11.5 Å². The van der Waals surface area contributed by atoms with Crippen molar-refractivity contribution in [3.8, 4) is 0 Å². The zero-order chi connectivity index (χ0) is 9.30. The van der Waals surface area contributed by atoms with Crippen LogP contribution in [0, 0.1) is 3.57 Å². The molecule has 0 unspecified atom stereocenters. The van der Waals surface area contributed by atoms with E-state index in [9.17, 15) is 8.78 Å². The highest BCUT2D eigenvalue weighted by Crippen LogP contribution is 2.25. The van der Waals surface area contributed by atoms with Gasteiger partial charge in [0.15, 0.2) is 0 Å². The van der Waals surface area contributed by atoms with Crippen molar-refractivity contribution in [2.45, 2.75) is 6.43 Å². The second kappa shape index (κ2) is 3.38. The summed E-state index contributed by atoms with van der Waals surface area (Å²) in [5.74, 6) is -0.0443. The number of halogens is 3. The van der Waals surface area contributed by atoms with Crippen molar-refractivity contribution in [1.29, 1.82) is 0 Å². The predicted octanol–water partition coefficient (Wildman–Crippen LogP) is 1.79. The third kappa shape index (κ3) is 1.74. The lowest BCUT2D eigenvalue weighted by Crippen LogP contribution is -2.03. The maximum atomic E-state index is 12.1. The molecule has 1 aromatic rings. The highest BCUT2D eigenvalue weighted by molar-refractivity contribution is 14.1. The molecule has 0 aliphatic rings. The minimum Gasteiger partial charge on any atom is -0.395 e. The minimum atomic E-state index is -2.61. The Morgan fingerprint density at radius 1 is 1.42 bits per heavy atom. The lowest BCUT2D eigenvalue weighted by atomic mass is 10.3. The number of hydrogen-bond donors (Lipinski definition) is 2. The van der Waals surface area contributed by atoms with Crippen molar-refractivity contribution in [3.05, 3.63) is 15.3 Å². The van der Waals surface area contributed by atoms with Crippen LogP contribution < -0.4 is 11.5 Å². The molecule has 0 aromatic carbocycles. The Hall–Kier alpha value is -0.660. The van der Waals surface area contributed by atoms with Gasteiger partial charge >= 0.3 is 0 Å². The first-order valence-corrected chi connectivity index (χ1v) is 4.09. The summed E-state index contributed by atoms with van der Waals surface area (Å²) in [4.78, 5) is 3.43. The quantitative estimate of drug-likeness (QED) is 0.773. The third-order valence-corrected chi connectivity index (χ3v) is 2.17. The molecule has 4 N–H and O–H groups in total. The molecule has 6 heteroatoms. The van der Waals surface area contributed by atoms with Crippen LogP contribution in [0.1, 0.15) is 12.1 Å². The zero-order valence-electron chi connectivity index (χ0n) is 5.89. The largest absolute Gasteiger partial charge is 0.395 e. The van der Waals surface area contributed by atoms with Crippen molar-refractivity contribution in [1.82, 2.24) is 4.98 Å². The van der Waals surface area contributed by atoms with E-state index in [0.717, 1.165) is 0 Å². The van der Waals surface area contributed by atoms with E-state index in [-0.39, 0.29) is 17.2 Å². The molecule has 0 amide bonds. The molecular weight excluding hydrogens is 279 g/mol. The van der Waals surface area contributed by atoms with Crippen LogP contribution in [0.3, 0.4) is 0 Å². The Labute approximate surface area is 81.3 Å². The van der Waals surface area contributed by atoms with Gasteiger partial charge in [-0.1, -0.05) is 0 Å². The molecule has 0 radical (unpaired) electrons. The second-order valence-electron chi connectivity index (χ2n) is 2.13. The van der Waals surface area contributed by atoms with Gasteiger partial charge in [-0.3, -0.25) is 0 Å². The average molecular weight is 285 g/mol. The van der Waals surface area contributed by atoms with Gasteiger partial charge in [-0.25, -0.2) is 13.8 Å². The molecule has 1 heterocycles. The maximum Gasteiger partial charge on any atom is 0.280 e. The van der Waals surface area contributed by atoms with Gasteiger partial charge in [-0.15, -0.1) is 0 Å². The Morgan fingerprint density at radius 3 is 2.42 bits per heavy atom. The van der Waals surface area contributed by atoms with E-state index in [0.29, 0.717) is 3.57 Å². The van der Waals surface area contributed by atoms with E-state index in [4.69, 9.17) is 11.5 Å². The molecule has 0 saturated carbocycles. The van der Waals surface area contributed by atoms with Crippen LogP contribution in [0.4, 0.5) is 20.3 Å².